The van der Waals surface area contributed by atoms with Gasteiger partial charge in [0.25, 0.3) is 5.91 Å². The van der Waals surface area contributed by atoms with E-state index in [1.165, 1.54) is 30.3 Å². The lowest BCUT2D eigenvalue weighted by Gasteiger charge is -2.09. The molecule has 7 heteroatoms. The number of halogens is 1. The fourth-order valence-electron chi connectivity index (χ4n) is 1.75. The summed E-state index contributed by atoms with van der Waals surface area (Å²) in [5.74, 6) is -1.13. The van der Waals surface area contributed by atoms with Gasteiger partial charge in [0, 0.05) is 5.56 Å². The first-order valence-electron chi connectivity index (χ1n) is 5.98. The maximum Gasteiger partial charge on any atom is 0.255 e. The van der Waals surface area contributed by atoms with Crippen molar-refractivity contribution < 1.29 is 17.6 Å². The van der Waals surface area contributed by atoms with Gasteiger partial charge in [0.15, 0.2) is 0 Å². The molecule has 5 nitrogen and oxygen atoms in total. The first-order valence-corrected chi connectivity index (χ1v) is 7.53. The van der Waals surface area contributed by atoms with E-state index in [0.717, 1.165) is 6.07 Å². The topological polar surface area (TPSA) is 89.3 Å². The number of amides is 1. The van der Waals surface area contributed by atoms with E-state index >= 15 is 0 Å². The quantitative estimate of drug-likeness (QED) is 0.909. The zero-order valence-electron chi connectivity index (χ0n) is 11.1. The summed E-state index contributed by atoms with van der Waals surface area (Å²) in [5.41, 5.74) is 0.546. The van der Waals surface area contributed by atoms with E-state index in [-0.39, 0.29) is 16.1 Å². The van der Waals surface area contributed by atoms with E-state index < -0.39 is 21.7 Å². The average molecular weight is 308 g/mol. The molecule has 3 N–H and O–H groups in total. The van der Waals surface area contributed by atoms with Crippen molar-refractivity contribution in [1.82, 2.24) is 0 Å². The first-order chi connectivity index (χ1) is 9.79. The molecule has 0 saturated carbocycles. The standard InChI is InChI=1S/C14H13FN2O3S/c1-9-6-7-10(8-11(9)15)14(18)17-12-4-2-3-5-13(12)21(16,19)20/h2-8H,1H3,(H,17,18)(H2,16,19,20). The number of aryl methyl sites for hydroxylation is 1. The van der Waals surface area contributed by atoms with Crippen LogP contribution >= 0.6 is 0 Å². The molecule has 2 aromatic carbocycles. The Morgan fingerprint density at radius 1 is 1.19 bits per heavy atom. The maximum absolute atomic E-state index is 13.5. The van der Waals surface area contributed by atoms with E-state index in [9.17, 15) is 17.6 Å². The third-order valence-corrected chi connectivity index (χ3v) is 3.84. The van der Waals surface area contributed by atoms with Crippen molar-refractivity contribution in [3.63, 3.8) is 0 Å². The van der Waals surface area contributed by atoms with E-state index in [1.807, 2.05) is 0 Å². The van der Waals surface area contributed by atoms with Gasteiger partial charge in [-0.05, 0) is 36.8 Å². The van der Waals surface area contributed by atoms with E-state index in [1.54, 1.807) is 13.0 Å². The number of carbonyl (C=O) groups is 1. The zero-order valence-corrected chi connectivity index (χ0v) is 11.9. The van der Waals surface area contributed by atoms with Crippen LogP contribution in [-0.2, 0) is 10.0 Å². The predicted molar refractivity (Wildman–Crippen MR) is 76.9 cm³/mol. The molecule has 0 spiro atoms. The van der Waals surface area contributed by atoms with Gasteiger partial charge in [-0.1, -0.05) is 18.2 Å². The number of hydrogen-bond acceptors (Lipinski definition) is 3. The highest BCUT2D eigenvalue weighted by Gasteiger charge is 2.16. The van der Waals surface area contributed by atoms with Crippen LogP contribution in [0, 0.1) is 12.7 Å². The van der Waals surface area contributed by atoms with Gasteiger partial charge in [-0.3, -0.25) is 4.79 Å². The molecule has 21 heavy (non-hydrogen) atoms. The van der Waals surface area contributed by atoms with Crippen molar-refractivity contribution in [1.29, 1.82) is 0 Å². The molecule has 110 valence electrons. The van der Waals surface area contributed by atoms with Gasteiger partial charge in [0.2, 0.25) is 10.0 Å². The summed E-state index contributed by atoms with van der Waals surface area (Å²) in [4.78, 5) is 11.8. The Labute approximate surface area is 121 Å². The molecule has 0 heterocycles. The number of sulfonamides is 1. The number of primary sulfonamides is 1. The fraction of sp³-hybridized carbons (Fsp3) is 0.0714. The molecule has 2 rings (SSSR count). The lowest BCUT2D eigenvalue weighted by atomic mass is 10.1. The summed E-state index contributed by atoms with van der Waals surface area (Å²) in [5, 5.41) is 7.49. The van der Waals surface area contributed by atoms with Crippen LogP contribution in [0.15, 0.2) is 47.4 Å². The normalized spacial score (nSPS) is 11.2. The van der Waals surface area contributed by atoms with Crippen molar-refractivity contribution >= 4 is 21.6 Å². The van der Waals surface area contributed by atoms with Crippen LogP contribution in [0.1, 0.15) is 15.9 Å². The van der Waals surface area contributed by atoms with Gasteiger partial charge in [-0.2, -0.15) is 0 Å². The molecular formula is C14H13FN2O3S. The number of nitrogens with two attached hydrogens (primary N) is 1. The molecule has 0 saturated heterocycles. The molecule has 0 aliphatic rings. The summed E-state index contributed by atoms with van der Waals surface area (Å²) in [6, 6.07) is 9.73. The second-order valence-electron chi connectivity index (χ2n) is 4.46. The van der Waals surface area contributed by atoms with Crippen LogP contribution in [-0.4, -0.2) is 14.3 Å². The van der Waals surface area contributed by atoms with Gasteiger partial charge < -0.3 is 5.32 Å². The molecule has 0 radical (unpaired) electrons. The third kappa shape index (κ3) is 3.45. The highest BCUT2D eigenvalue weighted by atomic mass is 32.2. The molecule has 0 aliphatic heterocycles. The molecule has 0 bridgehead atoms. The van der Waals surface area contributed by atoms with Crippen molar-refractivity contribution in [3.8, 4) is 0 Å². The summed E-state index contributed by atoms with van der Waals surface area (Å²) in [6.07, 6.45) is 0. The van der Waals surface area contributed by atoms with Crippen LogP contribution in [0.3, 0.4) is 0 Å². The Balaban J connectivity index is 2.34. The number of benzene rings is 2. The zero-order chi connectivity index (χ0) is 15.6. The van der Waals surface area contributed by atoms with Crippen LogP contribution in [0.4, 0.5) is 10.1 Å². The molecule has 0 aliphatic carbocycles. The first kappa shape index (κ1) is 15.1. The highest BCUT2D eigenvalue weighted by molar-refractivity contribution is 7.89. The Hall–Kier alpha value is -2.25. The summed E-state index contributed by atoms with van der Waals surface area (Å²) < 4.78 is 36.3. The average Bonchev–Trinajstić information content (AvgIpc) is 2.41. The number of para-hydroxylation sites is 1. The molecule has 0 aromatic heterocycles. The van der Waals surface area contributed by atoms with Gasteiger partial charge in [0.1, 0.15) is 10.7 Å². The second-order valence-corrected chi connectivity index (χ2v) is 5.99. The van der Waals surface area contributed by atoms with Crippen LogP contribution in [0.5, 0.6) is 0 Å². The second kappa shape index (κ2) is 5.63. The lowest BCUT2D eigenvalue weighted by molar-refractivity contribution is 0.102. The van der Waals surface area contributed by atoms with Gasteiger partial charge >= 0.3 is 0 Å². The van der Waals surface area contributed by atoms with E-state index in [2.05, 4.69) is 5.32 Å². The van der Waals surface area contributed by atoms with E-state index in [4.69, 9.17) is 5.14 Å². The molecule has 0 fully saturated rings. The summed E-state index contributed by atoms with van der Waals surface area (Å²) >= 11 is 0. The molecule has 2 aromatic rings. The van der Waals surface area contributed by atoms with Crippen molar-refractivity contribution in [2.45, 2.75) is 11.8 Å². The van der Waals surface area contributed by atoms with Gasteiger partial charge in [-0.25, -0.2) is 17.9 Å². The Kier molecular flexibility index (Phi) is 4.06. The number of nitrogens with one attached hydrogen (secondary N) is 1. The molecular weight excluding hydrogens is 295 g/mol. The number of anilines is 1. The van der Waals surface area contributed by atoms with Crippen molar-refractivity contribution in [2.75, 3.05) is 5.32 Å². The minimum absolute atomic E-state index is 0.0472. The minimum atomic E-state index is -3.96. The van der Waals surface area contributed by atoms with Crippen LogP contribution < -0.4 is 10.5 Å². The van der Waals surface area contributed by atoms with Gasteiger partial charge in [0.05, 0.1) is 5.69 Å². The number of rotatable bonds is 3. The smallest absolute Gasteiger partial charge is 0.255 e. The number of hydrogen-bond donors (Lipinski definition) is 2. The molecule has 1 amide bonds. The Morgan fingerprint density at radius 3 is 2.48 bits per heavy atom. The number of carbonyl (C=O) groups excluding carboxylic acids is 1. The molecule has 0 unspecified atom stereocenters. The van der Waals surface area contributed by atoms with Crippen molar-refractivity contribution in [2.24, 2.45) is 5.14 Å². The third-order valence-electron chi connectivity index (χ3n) is 2.88. The highest BCUT2D eigenvalue weighted by Crippen LogP contribution is 2.20. The maximum atomic E-state index is 13.5. The summed E-state index contributed by atoms with van der Waals surface area (Å²) in [6.45, 7) is 1.58. The van der Waals surface area contributed by atoms with Crippen LogP contribution in [0.25, 0.3) is 0 Å². The Bertz CT molecular complexity index is 804. The molecule has 0 atom stereocenters. The minimum Gasteiger partial charge on any atom is -0.321 e. The van der Waals surface area contributed by atoms with Gasteiger partial charge in [-0.15, -0.1) is 0 Å². The predicted octanol–water partition coefficient (Wildman–Crippen LogP) is 2.03. The van der Waals surface area contributed by atoms with E-state index in [0.29, 0.717) is 5.56 Å². The van der Waals surface area contributed by atoms with Crippen LogP contribution in [0.2, 0.25) is 0 Å². The fourth-order valence-corrected chi connectivity index (χ4v) is 2.44. The largest absolute Gasteiger partial charge is 0.321 e. The van der Waals surface area contributed by atoms with Crippen molar-refractivity contribution in [3.05, 3.63) is 59.4 Å². The Morgan fingerprint density at radius 2 is 1.86 bits per heavy atom. The SMILES string of the molecule is Cc1ccc(C(=O)Nc2ccccc2S(N)(=O)=O)cc1F. The lowest BCUT2D eigenvalue weighted by Crippen LogP contribution is -2.18. The monoisotopic (exact) mass is 308 g/mol. The summed E-state index contributed by atoms with van der Waals surface area (Å²) in [7, 11) is -3.96.